The maximum atomic E-state index is 11.5. The van der Waals surface area contributed by atoms with Crippen LogP contribution in [0.2, 0.25) is 0 Å². The average molecular weight is 279 g/mol. The molecule has 0 aliphatic carbocycles. The van der Waals surface area contributed by atoms with Crippen LogP contribution in [0.4, 0.5) is 0 Å². The van der Waals surface area contributed by atoms with Gasteiger partial charge in [0.2, 0.25) is 5.91 Å². The van der Waals surface area contributed by atoms with Gasteiger partial charge in [-0.1, -0.05) is 6.07 Å². The van der Waals surface area contributed by atoms with Crippen molar-refractivity contribution in [3.63, 3.8) is 0 Å². The van der Waals surface area contributed by atoms with Crippen molar-refractivity contribution in [3.05, 3.63) is 48.9 Å². The Bertz CT molecular complexity index is 700. The lowest BCUT2D eigenvalue weighted by molar-refractivity contribution is -0.120. The van der Waals surface area contributed by atoms with Gasteiger partial charge in [0.1, 0.15) is 5.69 Å². The van der Waals surface area contributed by atoms with Crippen LogP contribution in [0.15, 0.2) is 32.2 Å². The molecule has 0 aliphatic heterocycles. The molecule has 0 aliphatic rings. The number of carbonyl (C=O) groups excluding carboxylic acids is 1. The SMILES string of the molecule is O=C(Cc1n[nH]c(=O)[nH]c1=O)N/N=C\c1cccs1. The van der Waals surface area contributed by atoms with Gasteiger partial charge >= 0.3 is 5.69 Å². The van der Waals surface area contributed by atoms with Gasteiger partial charge in [0.15, 0.2) is 0 Å². The summed E-state index contributed by atoms with van der Waals surface area (Å²) >= 11 is 1.47. The third-order valence-corrected chi connectivity index (χ3v) is 2.84. The monoisotopic (exact) mass is 279 g/mol. The lowest BCUT2D eigenvalue weighted by Crippen LogP contribution is -2.31. The van der Waals surface area contributed by atoms with E-state index in [1.54, 1.807) is 0 Å². The van der Waals surface area contributed by atoms with Crippen molar-refractivity contribution in [2.75, 3.05) is 0 Å². The number of rotatable bonds is 4. The molecule has 0 aromatic carbocycles. The van der Waals surface area contributed by atoms with E-state index in [1.807, 2.05) is 27.6 Å². The maximum Gasteiger partial charge on any atom is 0.342 e. The molecule has 1 amide bonds. The van der Waals surface area contributed by atoms with Crippen molar-refractivity contribution < 1.29 is 4.79 Å². The van der Waals surface area contributed by atoms with Gasteiger partial charge < -0.3 is 0 Å². The Morgan fingerprint density at radius 3 is 3.05 bits per heavy atom. The summed E-state index contributed by atoms with van der Waals surface area (Å²) in [5, 5.41) is 11.1. The van der Waals surface area contributed by atoms with E-state index in [9.17, 15) is 14.4 Å². The molecule has 0 radical (unpaired) electrons. The summed E-state index contributed by atoms with van der Waals surface area (Å²) in [7, 11) is 0. The molecule has 2 aromatic heterocycles. The van der Waals surface area contributed by atoms with Crippen LogP contribution in [0, 0.1) is 0 Å². The molecule has 0 atom stereocenters. The van der Waals surface area contributed by atoms with Crippen LogP contribution < -0.4 is 16.7 Å². The minimum Gasteiger partial charge on any atom is -0.273 e. The Kier molecular flexibility index (Phi) is 3.98. The highest BCUT2D eigenvalue weighted by molar-refractivity contribution is 7.11. The highest BCUT2D eigenvalue weighted by Gasteiger charge is 2.08. The number of hydrogen-bond acceptors (Lipinski definition) is 6. The molecule has 0 spiro atoms. The molecule has 19 heavy (non-hydrogen) atoms. The number of hydrazone groups is 1. The van der Waals surface area contributed by atoms with Crippen molar-refractivity contribution in [1.82, 2.24) is 20.6 Å². The topological polar surface area (TPSA) is 120 Å². The van der Waals surface area contributed by atoms with E-state index in [2.05, 4.69) is 15.6 Å². The highest BCUT2D eigenvalue weighted by atomic mass is 32.1. The molecule has 2 heterocycles. The second-order valence-corrected chi connectivity index (χ2v) is 4.42. The van der Waals surface area contributed by atoms with Gasteiger partial charge in [-0.05, 0) is 11.4 Å². The number of amides is 1. The Hall–Kier alpha value is -2.55. The standard InChI is InChI=1S/C10H9N5O3S/c16-8(14-11-5-6-2-1-3-19-6)4-7-9(17)12-10(18)15-13-7/h1-3,5H,4H2,(H,14,16)(H2,12,15,17,18)/b11-5-. The number of H-pyrrole nitrogens is 2. The van der Waals surface area contributed by atoms with E-state index in [4.69, 9.17) is 0 Å². The first kappa shape index (κ1) is 12.9. The zero-order chi connectivity index (χ0) is 13.7. The highest BCUT2D eigenvalue weighted by Crippen LogP contribution is 2.03. The first-order valence-electron chi connectivity index (χ1n) is 5.18. The first-order chi connectivity index (χ1) is 9.15. The van der Waals surface area contributed by atoms with Gasteiger partial charge in [-0.15, -0.1) is 11.3 Å². The maximum absolute atomic E-state index is 11.5. The van der Waals surface area contributed by atoms with Crippen LogP contribution >= 0.6 is 11.3 Å². The van der Waals surface area contributed by atoms with Crippen molar-refractivity contribution in [3.8, 4) is 0 Å². The first-order valence-corrected chi connectivity index (χ1v) is 6.06. The Balaban J connectivity index is 1.94. The Morgan fingerprint density at radius 1 is 1.53 bits per heavy atom. The molecular weight excluding hydrogens is 270 g/mol. The summed E-state index contributed by atoms with van der Waals surface area (Å²) in [5.41, 5.74) is 0.772. The third kappa shape index (κ3) is 3.71. The van der Waals surface area contributed by atoms with E-state index in [-0.39, 0.29) is 12.1 Å². The van der Waals surface area contributed by atoms with Crippen molar-refractivity contribution in [2.24, 2.45) is 5.10 Å². The molecule has 8 nitrogen and oxygen atoms in total. The summed E-state index contributed by atoms with van der Waals surface area (Å²) in [6.07, 6.45) is 1.22. The van der Waals surface area contributed by atoms with Gasteiger partial charge in [-0.25, -0.2) is 15.3 Å². The van der Waals surface area contributed by atoms with Crippen LogP contribution in [0.25, 0.3) is 0 Å². The van der Waals surface area contributed by atoms with E-state index in [0.717, 1.165) is 4.88 Å². The fourth-order valence-electron chi connectivity index (χ4n) is 1.22. The van der Waals surface area contributed by atoms with Crippen LogP contribution in [0.5, 0.6) is 0 Å². The molecule has 0 saturated heterocycles. The fraction of sp³-hybridized carbons (Fsp3) is 0.100. The number of aromatic nitrogens is 3. The van der Waals surface area contributed by atoms with E-state index < -0.39 is 17.2 Å². The zero-order valence-corrected chi connectivity index (χ0v) is 10.4. The summed E-state index contributed by atoms with van der Waals surface area (Å²) < 4.78 is 0. The molecule has 0 saturated carbocycles. The zero-order valence-electron chi connectivity index (χ0n) is 9.54. The summed E-state index contributed by atoms with van der Waals surface area (Å²) in [4.78, 5) is 36.4. The number of aromatic amines is 2. The quantitative estimate of drug-likeness (QED) is 0.502. The van der Waals surface area contributed by atoms with Crippen molar-refractivity contribution >= 4 is 23.5 Å². The normalized spacial score (nSPS) is 10.7. The molecule has 9 heteroatoms. The van der Waals surface area contributed by atoms with Crippen molar-refractivity contribution in [1.29, 1.82) is 0 Å². The van der Waals surface area contributed by atoms with Crippen LogP contribution in [0.1, 0.15) is 10.6 Å². The summed E-state index contributed by atoms with van der Waals surface area (Å²) in [6.45, 7) is 0. The second kappa shape index (κ2) is 5.87. The van der Waals surface area contributed by atoms with Crippen LogP contribution in [0.3, 0.4) is 0 Å². The van der Waals surface area contributed by atoms with Gasteiger partial charge in [0, 0.05) is 4.88 Å². The predicted octanol–water partition coefficient (Wildman–Crippen LogP) is -0.787. The lowest BCUT2D eigenvalue weighted by Gasteiger charge is -1.97. The summed E-state index contributed by atoms with van der Waals surface area (Å²) in [6, 6.07) is 3.70. The molecule has 2 rings (SSSR count). The third-order valence-electron chi connectivity index (χ3n) is 2.03. The van der Waals surface area contributed by atoms with Gasteiger partial charge in [-0.3, -0.25) is 14.6 Å². The second-order valence-electron chi connectivity index (χ2n) is 3.44. The van der Waals surface area contributed by atoms with Gasteiger partial charge in [0.05, 0.1) is 12.6 Å². The number of hydrogen-bond donors (Lipinski definition) is 3. The predicted molar refractivity (Wildman–Crippen MR) is 69.2 cm³/mol. The molecular formula is C10H9N5O3S. The number of nitrogens with zero attached hydrogens (tertiary/aromatic N) is 2. The van der Waals surface area contributed by atoms with E-state index in [0.29, 0.717) is 0 Å². The number of nitrogens with one attached hydrogen (secondary N) is 3. The lowest BCUT2D eigenvalue weighted by atomic mass is 10.3. The smallest absolute Gasteiger partial charge is 0.273 e. The molecule has 98 valence electrons. The summed E-state index contributed by atoms with van der Waals surface area (Å²) in [5.74, 6) is -0.502. The minimum atomic E-state index is -0.718. The van der Waals surface area contributed by atoms with Crippen LogP contribution in [-0.4, -0.2) is 27.3 Å². The average Bonchev–Trinajstić information content (AvgIpc) is 2.86. The molecule has 3 N–H and O–H groups in total. The largest absolute Gasteiger partial charge is 0.342 e. The molecule has 0 unspecified atom stereocenters. The molecule has 0 fully saturated rings. The minimum absolute atomic E-state index is 0.0802. The Labute approximate surface area is 110 Å². The number of thiophene rings is 1. The van der Waals surface area contributed by atoms with Crippen molar-refractivity contribution in [2.45, 2.75) is 6.42 Å². The van der Waals surface area contributed by atoms with E-state index in [1.165, 1.54) is 17.6 Å². The molecule has 2 aromatic rings. The Morgan fingerprint density at radius 2 is 2.37 bits per heavy atom. The number of carbonyl (C=O) groups is 1. The fourth-order valence-corrected chi connectivity index (χ4v) is 1.80. The van der Waals surface area contributed by atoms with Gasteiger partial charge in [0.25, 0.3) is 5.56 Å². The van der Waals surface area contributed by atoms with E-state index >= 15 is 0 Å². The van der Waals surface area contributed by atoms with Gasteiger partial charge in [-0.2, -0.15) is 10.2 Å². The van der Waals surface area contributed by atoms with Crippen LogP contribution in [-0.2, 0) is 11.2 Å². The molecule has 0 bridgehead atoms.